The van der Waals surface area contributed by atoms with Crippen LogP contribution in [0.5, 0.6) is 0 Å². The van der Waals surface area contributed by atoms with Gasteiger partial charge in [-0.25, -0.2) is 15.0 Å². The minimum Gasteiger partial charge on any atom is -0.373 e. The molecule has 5 nitrogen and oxygen atoms in total. The van der Waals surface area contributed by atoms with E-state index < -0.39 is 0 Å². The number of nitrogens with zero attached hydrogens (tertiary/aromatic N) is 4. The Balaban J connectivity index is 2.16. The topological polar surface area (TPSA) is 55.6 Å². The molecule has 0 fully saturated rings. The smallest absolute Gasteiger partial charge is 0.163 e. The number of anilines is 1. The van der Waals surface area contributed by atoms with E-state index in [-0.39, 0.29) is 0 Å². The highest BCUT2D eigenvalue weighted by Crippen LogP contribution is 2.20. The summed E-state index contributed by atoms with van der Waals surface area (Å²) >= 11 is 0. The number of benzene rings is 1. The van der Waals surface area contributed by atoms with Crippen LogP contribution in [0.1, 0.15) is 11.4 Å². The molecule has 3 aromatic rings. The van der Waals surface area contributed by atoms with E-state index in [1.54, 1.807) is 6.33 Å². The van der Waals surface area contributed by atoms with Crippen LogP contribution in [0.25, 0.3) is 17.2 Å². The predicted octanol–water partition coefficient (Wildman–Crippen LogP) is 2.99. The Morgan fingerprint density at radius 3 is 2.43 bits per heavy atom. The van der Waals surface area contributed by atoms with Crippen LogP contribution >= 0.6 is 0 Å². The van der Waals surface area contributed by atoms with Gasteiger partial charge in [0.05, 0.1) is 5.69 Å². The molecular formula is C16H17N5. The van der Waals surface area contributed by atoms with Crippen LogP contribution in [0.15, 0.2) is 42.7 Å². The average molecular weight is 279 g/mol. The molecule has 0 unspecified atom stereocenters. The molecule has 2 heterocycles. The first-order valence-electron chi connectivity index (χ1n) is 6.82. The highest BCUT2D eigenvalue weighted by Gasteiger charge is 2.10. The van der Waals surface area contributed by atoms with Crippen molar-refractivity contribution in [1.82, 2.24) is 19.5 Å². The molecule has 1 aromatic carbocycles. The minimum atomic E-state index is 0.697. The molecule has 5 heteroatoms. The Kier molecular flexibility index (Phi) is 3.39. The zero-order valence-corrected chi connectivity index (χ0v) is 12.3. The average Bonchev–Trinajstić information content (AvgIpc) is 2.87. The number of aromatic nitrogens is 4. The Morgan fingerprint density at radius 1 is 1.05 bits per heavy atom. The van der Waals surface area contributed by atoms with Gasteiger partial charge in [-0.3, -0.25) is 4.57 Å². The third kappa shape index (κ3) is 2.50. The van der Waals surface area contributed by atoms with E-state index in [1.807, 2.05) is 61.9 Å². The van der Waals surface area contributed by atoms with Gasteiger partial charge in [0, 0.05) is 24.4 Å². The number of rotatable bonds is 3. The third-order valence-electron chi connectivity index (χ3n) is 3.50. The van der Waals surface area contributed by atoms with Gasteiger partial charge in [-0.15, -0.1) is 0 Å². The third-order valence-corrected chi connectivity index (χ3v) is 3.50. The summed E-state index contributed by atoms with van der Waals surface area (Å²) in [5.41, 5.74) is 3.07. The van der Waals surface area contributed by atoms with Crippen LogP contribution in [0.4, 0.5) is 5.82 Å². The molecule has 0 saturated carbocycles. The van der Waals surface area contributed by atoms with Crippen molar-refractivity contribution in [2.45, 2.75) is 13.8 Å². The molecule has 0 spiro atoms. The molecule has 0 aliphatic carbocycles. The normalized spacial score (nSPS) is 10.6. The second kappa shape index (κ2) is 5.36. The first kappa shape index (κ1) is 13.3. The summed E-state index contributed by atoms with van der Waals surface area (Å²) in [4.78, 5) is 13.5. The van der Waals surface area contributed by atoms with E-state index in [2.05, 4.69) is 20.3 Å². The van der Waals surface area contributed by atoms with Crippen molar-refractivity contribution in [3.63, 3.8) is 0 Å². The Morgan fingerprint density at radius 2 is 1.81 bits per heavy atom. The lowest BCUT2D eigenvalue weighted by molar-refractivity contribution is 0.939. The van der Waals surface area contributed by atoms with Gasteiger partial charge in [-0.1, -0.05) is 30.3 Å². The molecule has 0 saturated heterocycles. The maximum Gasteiger partial charge on any atom is 0.163 e. The monoisotopic (exact) mass is 279 g/mol. The van der Waals surface area contributed by atoms with Crippen molar-refractivity contribution in [2.24, 2.45) is 0 Å². The Hall–Kier alpha value is -2.69. The van der Waals surface area contributed by atoms with Crippen LogP contribution in [0, 0.1) is 13.8 Å². The van der Waals surface area contributed by atoms with Crippen molar-refractivity contribution in [3.05, 3.63) is 54.1 Å². The van der Waals surface area contributed by atoms with Gasteiger partial charge in [0.25, 0.3) is 0 Å². The highest BCUT2D eigenvalue weighted by atomic mass is 15.1. The molecule has 0 amide bonds. The van der Waals surface area contributed by atoms with Crippen molar-refractivity contribution in [3.8, 4) is 17.2 Å². The molecule has 0 atom stereocenters. The van der Waals surface area contributed by atoms with Crippen molar-refractivity contribution < 1.29 is 0 Å². The van der Waals surface area contributed by atoms with Crippen LogP contribution in [-0.4, -0.2) is 26.6 Å². The maximum absolute atomic E-state index is 4.67. The number of hydrogen-bond acceptors (Lipinski definition) is 4. The SMILES string of the molecule is CNc1cc(-n2cnc(C)c2C)nc(-c2ccccc2)n1. The number of nitrogens with one attached hydrogen (secondary N) is 1. The van der Waals surface area contributed by atoms with Crippen LogP contribution in [-0.2, 0) is 0 Å². The summed E-state index contributed by atoms with van der Waals surface area (Å²) < 4.78 is 1.98. The number of hydrogen-bond donors (Lipinski definition) is 1. The molecule has 2 aromatic heterocycles. The summed E-state index contributed by atoms with van der Waals surface area (Å²) in [6.45, 7) is 4.02. The molecule has 1 N–H and O–H groups in total. The predicted molar refractivity (Wildman–Crippen MR) is 83.6 cm³/mol. The maximum atomic E-state index is 4.67. The number of imidazole rings is 1. The van der Waals surface area contributed by atoms with Crippen LogP contribution in [0.3, 0.4) is 0 Å². The first-order valence-corrected chi connectivity index (χ1v) is 6.82. The lowest BCUT2D eigenvalue weighted by atomic mass is 10.2. The zero-order valence-electron chi connectivity index (χ0n) is 12.3. The summed E-state index contributed by atoms with van der Waals surface area (Å²) in [5.74, 6) is 2.29. The zero-order chi connectivity index (χ0) is 14.8. The fraction of sp³-hybridized carbons (Fsp3) is 0.188. The quantitative estimate of drug-likeness (QED) is 0.800. The van der Waals surface area contributed by atoms with Gasteiger partial charge < -0.3 is 5.32 Å². The molecule has 106 valence electrons. The minimum absolute atomic E-state index is 0.697. The van der Waals surface area contributed by atoms with Crippen molar-refractivity contribution in [2.75, 3.05) is 12.4 Å². The fourth-order valence-corrected chi connectivity index (χ4v) is 2.13. The van der Waals surface area contributed by atoms with Gasteiger partial charge in [-0.2, -0.15) is 0 Å². The van der Waals surface area contributed by atoms with Gasteiger partial charge in [0.15, 0.2) is 5.82 Å². The lowest BCUT2D eigenvalue weighted by Gasteiger charge is -2.10. The second-order valence-corrected chi connectivity index (χ2v) is 4.84. The van der Waals surface area contributed by atoms with Crippen LogP contribution < -0.4 is 5.32 Å². The van der Waals surface area contributed by atoms with Crippen molar-refractivity contribution in [1.29, 1.82) is 0 Å². The van der Waals surface area contributed by atoms with E-state index in [0.717, 1.165) is 28.6 Å². The number of aryl methyl sites for hydroxylation is 1. The summed E-state index contributed by atoms with van der Waals surface area (Å²) in [6.07, 6.45) is 1.79. The van der Waals surface area contributed by atoms with E-state index in [0.29, 0.717) is 5.82 Å². The summed E-state index contributed by atoms with van der Waals surface area (Å²) in [7, 11) is 1.85. The molecule has 0 bridgehead atoms. The Labute approximate surface area is 123 Å². The van der Waals surface area contributed by atoms with E-state index in [4.69, 9.17) is 0 Å². The molecular weight excluding hydrogens is 262 g/mol. The summed E-state index contributed by atoms with van der Waals surface area (Å²) in [5, 5.41) is 3.09. The van der Waals surface area contributed by atoms with Gasteiger partial charge >= 0.3 is 0 Å². The summed E-state index contributed by atoms with van der Waals surface area (Å²) in [6, 6.07) is 11.9. The molecule has 0 radical (unpaired) electrons. The highest BCUT2D eigenvalue weighted by molar-refractivity contribution is 5.59. The van der Waals surface area contributed by atoms with E-state index in [9.17, 15) is 0 Å². The lowest BCUT2D eigenvalue weighted by Crippen LogP contribution is -2.04. The largest absolute Gasteiger partial charge is 0.373 e. The van der Waals surface area contributed by atoms with Crippen LogP contribution in [0.2, 0.25) is 0 Å². The van der Waals surface area contributed by atoms with E-state index >= 15 is 0 Å². The van der Waals surface area contributed by atoms with Gasteiger partial charge in [-0.05, 0) is 13.8 Å². The van der Waals surface area contributed by atoms with Crippen molar-refractivity contribution >= 4 is 5.82 Å². The molecule has 21 heavy (non-hydrogen) atoms. The second-order valence-electron chi connectivity index (χ2n) is 4.84. The standard InChI is InChI=1S/C16H17N5/c1-11-12(2)21(10-18-11)15-9-14(17-3)19-16(20-15)13-7-5-4-6-8-13/h4-10H,1-3H3,(H,17,19,20). The molecule has 3 rings (SSSR count). The Bertz CT molecular complexity index is 762. The first-order chi connectivity index (χ1) is 10.2. The molecule has 0 aliphatic heterocycles. The van der Waals surface area contributed by atoms with E-state index in [1.165, 1.54) is 0 Å². The van der Waals surface area contributed by atoms with Gasteiger partial charge in [0.2, 0.25) is 0 Å². The van der Waals surface area contributed by atoms with Gasteiger partial charge in [0.1, 0.15) is 18.0 Å². The fourth-order valence-electron chi connectivity index (χ4n) is 2.13. The molecule has 0 aliphatic rings.